The Bertz CT molecular complexity index is 869. The first-order chi connectivity index (χ1) is 13.4. The van der Waals surface area contributed by atoms with E-state index >= 15 is 0 Å². The molecule has 1 unspecified atom stereocenters. The van der Waals surface area contributed by atoms with Gasteiger partial charge in [0.05, 0.1) is 11.5 Å². The lowest BCUT2D eigenvalue weighted by Gasteiger charge is -2.39. The van der Waals surface area contributed by atoms with Crippen LogP contribution in [-0.2, 0) is 13.1 Å². The fourth-order valence-electron chi connectivity index (χ4n) is 3.52. The first-order valence-corrected chi connectivity index (χ1v) is 10.5. The maximum absolute atomic E-state index is 13.0. The molecule has 0 saturated carbocycles. The third kappa shape index (κ3) is 4.20. The molecule has 1 aliphatic rings. The number of imidazole rings is 1. The molecule has 1 fully saturated rings. The lowest BCUT2D eigenvalue weighted by molar-refractivity contribution is -0.385. The lowest BCUT2D eigenvalue weighted by atomic mass is 10.1. The van der Waals surface area contributed by atoms with Crippen LogP contribution in [0.3, 0.4) is 0 Å². The van der Waals surface area contributed by atoms with Crippen LogP contribution in [0.1, 0.15) is 30.0 Å². The van der Waals surface area contributed by atoms with Crippen molar-refractivity contribution >= 4 is 23.4 Å². The van der Waals surface area contributed by atoms with Crippen molar-refractivity contribution in [3.05, 3.63) is 52.1 Å². The van der Waals surface area contributed by atoms with Crippen molar-refractivity contribution in [3.8, 4) is 0 Å². The lowest BCUT2D eigenvalue weighted by Crippen LogP contribution is -2.53. The number of amides is 1. The van der Waals surface area contributed by atoms with Gasteiger partial charge in [0.15, 0.2) is 0 Å². The number of carbonyl (C=O) groups excluding carboxylic acids is 1. The van der Waals surface area contributed by atoms with E-state index in [1.165, 1.54) is 17.8 Å². The van der Waals surface area contributed by atoms with Crippen LogP contribution in [0.25, 0.3) is 0 Å². The summed E-state index contributed by atoms with van der Waals surface area (Å²) in [7, 11) is 0. The van der Waals surface area contributed by atoms with Gasteiger partial charge in [0.1, 0.15) is 11.4 Å². The van der Waals surface area contributed by atoms with E-state index in [9.17, 15) is 14.9 Å². The number of carbonyl (C=O) groups is 1. The first-order valence-electron chi connectivity index (χ1n) is 9.30. The molecular weight excluding hydrogens is 378 g/mol. The number of piperazine rings is 1. The molecule has 3 rings (SSSR count). The highest BCUT2D eigenvalue weighted by molar-refractivity contribution is 7.98. The van der Waals surface area contributed by atoms with Crippen molar-refractivity contribution in [3.63, 3.8) is 0 Å². The number of rotatable bonds is 6. The summed E-state index contributed by atoms with van der Waals surface area (Å²) < 4.78 is 2.11. The van der Waals surface area contributed by atoms with Crippen molar-refractivity contribution in [1.29, 1.82) is 0 Å². The van der Waals surface area contributed by atoms with Crippen molar-refractivity contribution in [2.45, 2.75) is 37.9 Å². The van der Waals surface area contributed by atoms with Crippen LogP contribution in [0.2, 0.25) is 0 Å². The van der Waals surface area contributed by atoms with Crippen LogP contribution < -0.4 is 0 Å². The highest BCUT2D eigenvalue weighted by Crippen LogP contribution is 2.27. The fraction of sp³-hybridized carbons (Fsp3) is 0.474. The molecule has 0 aliphatic carbocycles. The Hall–Kier alpha value is -2.39. The van der Waals surface area contributed by atoms with Gasteiger partial charge in [-0.05, 0) is 32.2 Å². The first kappa shape index (κ1) is 20.3. The summed E-state index contributed by atoms with van der Waals surface area (Å²) in [6.45, 7) is 7.54. The predicted octanol–water partition coefficient (Wildman–Crippen LogP) is 2.88. The Morgan fingerprint density at radius 2 is 2.18 bits per heavy atom. The smallest absolute Gasteiger partial charge is 0.282 e. The molecule has 1 saturated heterocycles. The maximum Gasteiger partial charge on any atom is 0.282 e. The molecule has 1 aromatic carbocycles. The van der Waals surface area contributed by atoms with Gasteiger partial charge in [0, 0.05) is 55.6 Å². The molecule has 2 aromatic rings. The normalized spacial score (nSPS) is 17.7. The Kier molecular flexibility index (Phi) is 6.35. The molecular formula is C19H25N5O3S. The topological polar surface area (TPSA) is 84.5 Å². The molecule has 0 bridgehead atoms. The van der Waals surface area contributed by atoms with Crippen molar-refractivity contribution in [1.82, 2.24) is 19.4 Å². The quantitative estimate of drug-likeness (QED) is 0.419. The second-order valence-electron chi connectivity index (χ2n) is 6.84. The highest BCUT2D eigenvalue weighted by Gasteiger charge is 2.31. The van der Waals surface area contributed by atoms with Gasteiger partial charge >= 0.3 is 0 Å². The van der Waals surface area contributed by atoms with E-state index < -0.39 is 4.92 Å². The van der Waals surface area contributed by atoms with Gasteiger partial charge in [-0.15, -0.1) is 11.8 Å². The average molecular weight is 404 g/mol. The zero-order chi connectivity index (χ0) is 20.3. The van der Waals surface area contributed by atoms with Crippen molar-refractivity contribution in [2.75, 3.05) is 25.9 Å². The number of benzene rings is 1. The molecule has 1 atom stereocenters. The summed E-state index contributed by atoms with van der Waals surface area (Å²) in [6, 6.07) is 4.86. The molecule has 0 N–H and O–H groups in total. The molecule has 28 heavy (non-hydrogen) atoms. The Morgan fingerprint density at radius 3 is 2.82 bits per heavy atom. The maximum atomic E-state index is 13.0. The van der Waals surface area contributed by atoms with Crippen molar-refractivity contribution in [2.24, 2.45) is 0 Å². The number of aromatic nitrogens is 2. The SMILES string of the molecule is CCn1ccnc1CN1CCN(C(=O)c2cc(SC)ccc2[N+](=O)[O-])CC1C. The Labute approximate surface area is 168 Å². The zero-order valence-electron chi connectivity index (χ0n) is 16.4. The molecule has 0 radical (unpaired) electrons. The second-order valence-corrected chi connectivity index (χ2v) is 7.72. The van der Waals surface area contributed by atoms with Gasteiger partial charge in [-0.2, -0.15) is 0 Å². The zero-order valence-corrected chi connectivity index (χ0v) is 17.2. The van der Waals surface area contributed by atoms with Crippen LogP contribution in [0.5, 0.6) is 0 Å². The minimum atomic E-state index is -0.485. The third-order valence-electron chi connectivity index (χ3n) is 5.17. The van der Waals surface area contributed by atoms with E-state index in [1.807, 2.05) is 12.5 Å². The van der Waals surface area contributed by atoms with Crippen LogP contribution in [-0.4, -0.2) is 62.1 Å². The number of hydrogen-bond donors (Lipinski definition) is 0. The second kappa shape index (κ2) is 8.74. The molecule has 8 nitrogen and oxygen atoms in total. The summed E-state index contributed by atoms with van der Waals surface area (Å²) in [5.41, 5.74) is 0.0295. The molecule has 2 heterocycles. The van der Waals surface area contributed by atoms with Crippen molar-refractivity contribution < 1.29 is 9.72 Å². The fourth-order valence-corrected chi connectivity index (χ4v) is 3.96. The standard InChI is InChI=1S/C19H25N5O3S/c1-4-21-8-7-20-18(21)13-22-9-10-23(12-14(22)2)19(25)16-11-15(28-3)5-6-17(16)24(26)27/h5-8,11,14H,4,9-10,12-13H2,1-3H3. The number of hydrogen-bond acceptors (Lipinski definition) is 6. The van der Waals surface area contributed by atoms with E-state index in [4.69, 9.17) is 0 Å². The minimum Gasteiger partial charge on any atom is -0.336 e. The summed E-state index contributed by atoms with van der Waals surface area (Å²) in [6.07, 6.45) is 5.66. The number of nitrogens with zero attached hydrogens (tertiary/aromatic N) is 5. The number of aryl methyl sites for hydroxylation is 1. The van der Waals surface area contributed by atoms with Gasteiger partial charge in [-0.25, -0.2) is 4.98 Å². The monoisotopic (exact) mass is 403 g/mol. The summed E-state index contributed by atoms with van der Waals surface area (Å²) in [5, 5.41) is 11.4. The van der Waals surface area contributed by atoms with Gasteiger partial charge in [-0.3, -0.25) is 19.8 Å². The summed E-state index contributed by atoms with van der Waals surface area (Å²) >= 11 is 1.46. The van der Waals surface area contributed by atoms with Crippen LogP contribution in [0.15, 0.2) is 35.5 Å². The molecule has 1 aliphatic heterocycles. The molecule has 1 aromatic heterocycles. The largest absolute Gasteiger partial charge is 0.336 e. The van der Waals surface area contributed by atoms with Gasteiger partial charge < -0.3 is 9.47 Å². The number of nitro benzene ring substituents is 1. The van der Waals surface area contributed by atoms with E-state index in [-0.39, 0.29) is 23.2 Å². The number of nitro groups is 1. The van der Waals surface area contributed by atoms with E-state index in [0.29, 0.717) is 19.6 Å². The average Bonchev–Trinajstić information content (AvgIpc) is 3.15. The van der Waals surface area contributed by atoms with Crippen LogP contribution in [0.4, 0.5) is 5.69 Å². The Morgan fingerprint density at radius 1 is 1.39 bits per heavy atom. The molecule has 9 heteroatoms. The predicted molar refractivity (Wildman–Crippen MR) is 109 cm³/mol. The summed E-state index contributed by atoms with van der Waals surface area (Å²) in [4.78, 5) is 33.2. The van der Waals surface area contributed by atoms with E-state index in [1.54, 1.807) is 23.2 Å². The molecule has 1 amide bonds. The van der Waals surface area contributed by atoms with E-state index in [2.05, 4.69) is 28.3 Å². The number of thioether (sulfide) groups is 1. The van der Waals surface area contributed by atoms with E-state index in [0.717, 1.165) is 23.8 Å². The van der Waals surface area contributed by atoms with Gasteiger partial charge in [0.2, 0.25) is 0 Å². The van der Waals surface area contributed by atoms with Gasteiger partial charge in [-0.1, -0.05) is 0 Å². The third-order valence-corrected chi connectivity index (χ3v) is 5.90. The van der Waals surface area contributed by atoms with Crippen LogP contribution in [0, 0.1) is 10.1 Å². The minimum absolute atomic E-state index is 0.136. The highest BCUT2D eigenvalue weighted by atomic mass is 32.2. The van der Waals surface area contributed by atoms with Crippen LogP contribution >= 0.6 is 11.8 Å². The Balaban J connectivity index is 1.73. The summed E-state index contributed by atoms with van der Waals surface area (Å²) in [5.74, 6) is 0.738. The molecule has 0 spiro atoms. The molecule has 150 valence electrons. The van der Waals surface area contributed by atoms with Gasteiger partial charge in [0.25, 0.3) is 11.6 Å².